The Morgan fingerprint density at radius 2 is 0.581 bits per heavy atom. The molecule has 0 unspecified atom stereocenters. The van der Waals surface area contributed by atoms with Gasteiger partial charge in [0.05, 0.1) is 52.9 Å². The molecular formula is C51H86N2O40. The minimum absolute atomic E-state index is 0.767. The van der Waals surface area contributed by atoms with Crippen molar-refractivity contribution in [2.45, 2.75) is 253 Å². The molecule has 39 atom stereocenters. The molecule has 0 aromatic carbocycles. The van der Waals surface area contributed by atoms with E-state index in [1.807, 2.05) is 0 Å². The summed E-state index contributed by atoms with van der Waals surface area (Å²) in [6.45, 7) is -6.17. The van der Waals surface area contributed by atoms with Crippen LogP contribution < -0.4 is 10.6 Å². The largest absolute Gasteiger partial charge is 0.394 e. The molecule has 540 valence electrons. The van der Waals surface area contributed by atoms with E-state index in [1.165, 1.54) is 0 Å². The van der Waals surface area contributed by atoms with Crippen molar-refractivity contribution in [1.29, 1.82) is 0 Å². The van der Waals surface area contributed by atoms with Crippen LogP contribution in [0.2, 0.25) is 0 Å². The highest BCUT2D eigenvalue weighted by Crippen LogP contribution is 2.39. The van der Waals surface area contributed by atoms with Gasteiger partial charge >= 0.3 is 0 Å². The summed E-state index contributed by atoms with van der Waals surface area (Å²) < 4.78 is 87.6. The van der Waals surface area contributed by atoms with Crippen molar-refractivity contribution < 1.29 is 198 Å². The molecule has 0 saturated carbocycles. The summed E-state index contributed by atoms with van der Waals surface area (Å²) in [5, 5.41) is 255. The van der Waals surface area contributed by atoms with Crippen molar-refractivity contribution >= 4 is 11.8 Å². The molecule has 42 nitrogen and oxygen atoms in total. The van der Waals surface area contributed by atoms with Gasteiger partial charge in [-0.1, -0.05) is 0 Å². The Bertz CT molecular complexity index is 2330. The summed E-state index contributed by atoms with van der Waals surface area (Å²) in [7, 11) is 0. The SMILES string of the molecule is CC(=O)N[C@@H]1[C@@H](O)[C@H](O[C@@H]2O[C@H](CO)[C@@H](O[C@@H]3O[C@H](CO[C@H]4O[C@H](CO[C@H]5O[C@H](CO)[C@@H](O)[C@H](O)[C@@H]5O)[C@@H](O)[C@H](O[C@H]5O[C@H](CO)[C@@H](O)[C@H](O)[C@@H]5O)[C@@H]4O)[C@@H](O)[C@H](O[C@H]4O[C@H](CO)[C@@H](O)[C@H](O)[C@@H]4O)[C@@H]3O[C@@H]3O[C@H](CO)[C@H](O)[C@H]3O)[C@H](O)[C@H]2NC(C)=O)[C@@H](CO)O[C@H]1O. The fourth-order valence-corrected chi connectivity index (χ4v) is 11.9. The number of hydrogen-bond acceptors (Lipinski definition) is 40. The van der Waals surface area contributed by atoms with Crippen LogP contribution in [0.3, 0.4) is 0 Å². The highest BCUT2D eigenvalue weighted by Gasteiger charge is 2.60. The molecule has 0 aliphatic carbocycles. The topological polar surface area (TPSA) is 662 Å². The maximum Gasteiger partial charge on any atom is 0.217 e. The van der Waals surface area contributed by atoms with Gasteiger partial charge in [0.15, 0.2) is 50.3 Å². The number of rotatable bonds is 24. The molecule has 0 radical (unpaired) electrons. The normalized spacial score (nSPS) is 50.7. The van der Waals surface area contributed by atoms with Gasteiger partial charge in [-0.15, -0.1) is 0 Å². The number of hydrogen-bond donors (Lipinski definition) is 25. The summed E-state index contributed by atoms with van der Waals surface area (Å²) in [4.78, 5) is 25.0. The third-order valence-electron chi connectivity index (χ3n) is 17.1. The first-order valence-electron chi connectivity index (χ1n) is 29.5. The zero-order valence-electron chi connectivity index (χ0n) is 49.4. The maximum absolute atomic E-state index is 12.9. The zero-order valence-corrected chi connectivity index (χ0v) is 49.4. The smallest absolute Gasteiger partial charge is 0.217 e. The highest BCUT2D eigenvalue weighted by atomic mass is 16.8. The van der Waals surface area contributed by atoms with Gasteiger partial charge in [-0.25, -0.2) is 0 Å². The van der Waals surface area contributed by atoms with Crippen LogP contribution >= 0.6 is 0 Å². The molecule has 93 heavy (non-hydrogen) atoms. The van der Waals surface area contributed by atoms with E-state index < -0.39 is 304 Å². The van der Waals surface area contributed by atoms with Crippen molar-refractivity contribution in [2.75, 3.05) is 52.9 Å². The predicted molar refractivity (Wildman–Crippen MR) is 282 cm³/mol. The van der Waals surface area contributed by atoms with Crippen LogP contribution in [0.5, 0.6) is 0 Å². The third kappa shape index (κ3) is 16.5. The molecule has 8 heterocycles. The molecular weight excluding hydrogens is 1280 g/mol. The van der Waals surface area contributed by atoms with Crippen molar-refractivity contribution in [2.24, 2.45) is 0 Å². The molecule has 8 aliphatic heterocycles. The Morgan fingerprint density at radius 1 is 0.280 bits per heavy atom. The van der Waals surface area contributed by atoms with Crippen LogP contribution in [-0.4, -0.2) is 422 Å². The fourth-order valence-electron chi connectivity index (χ4n) is 11.9. The molecule has 8 rings (SSSR count). The van der Waals surface area contributed by atoms with Crippen LogP contribution in [-0.2, 0) is 80.6 Å². The van der Waals surface area contributed by atoms with Crippen LogP contribution in [0.1, 0.15) is 13.8 Å². The Kier molecular flexibility index (Phi) is 27.1. The van der Waals surface area contributed by atoms with Gasteiger partial charge < -0.3 is 199 Å². The number of amides is 2. The van der Waals surface area contributed by atoms with E-state index in [-0.39, 0.29) is 0 Å². The second-order valence-corrected chi connectivity index (χ2v) is 23.4. The summed E-state index contributed by atoms with van der Waals surface area (Å²) in [6, 6.07) is -3.51. The second kappa shape index (κ2) is 33.1. The number of nitrogens with one attached hydrogen (secondary N) is 2. The van der Waals surface area contributed by atoms with Crippen molar-refractivity contribution in [3.8, 4) is 0 Å². The average molecular weight is 1370 g/mol. The molecule has 25 N–H and O–H groups in total. The molecule has 8 saturated heterocycles. The van der Waals surface area contributed by atoms with E-state index in [1.54, 1.807) is 0 Å². The van der Waals surface area contributed by atoms with Gasteiger partial charge in [0, 0.05) is 13.8 Å². The van der Waals surface area contributed by atoms with Gasteiger partial charge in [-0.05, 0) is 0 Å². The average Bonchev–Trinajstić information content (AvgIpc) is 1.35. The Labute approximate surface area is 525 Å². The van der Waals surface area contributed by atoms with Crippen molar-refractivity contribution in [3.63, 3.8) is 0 Å². The number of ether oxygens (including phenoxy) is 15. The van der Waals surface area contributed by atoms with E-state index in [9.17, 15) is 127 Å². The third-order valence-corrected chi connectivity index (χ3v) is 17.1. The standard InChI is InChI=1S/C51H86N2O40/c1-11(60)52-21-29(68)39(17(7-58)81-44(21)78)89-45-22(53-12(2)61)30(69)40(18(8-59)86-45)90-51-43(93-48-34(73)26(65)16(6-57)85-48)42(92-50-37(76)33(72)25(64)15(5-56)84-50)28(67)20(88-51)10-80-47-38(77)41(91-49-36(75)32(71)24(63)14(4-55)83-49)27(66)19(87-47)9-79-46-35(74)31(70)23(62)13(3-54)82-46/h13-51,54-59,62-78H,3-10H2,1-2H3,(H,52,60)(H,53,61)/t13-,14-,15-,16-,17-,18-,19-,20-,21-,22-,23-,24-,25-,26+,27-,28-,29-,30-,31+,32+,33+,34-,35+,36+,37+,38+,39-,40-,41+,42+,43+,44-,45+,46+,47+,48+,49-,50-,51+/m1/s1. The minimum atomic E-state index is -2.38. The molecule has 8 aliphatic rings. The van der Waals surface area contributed by atoms with Gasteiger partial charge in [-0.2, -0.15) is 0 Å². The fraction of sp³-hybridized carbons (Fsp3) is 0.961. The van der Waals surface area contributed by atoms with E-state index in [4.69, 9.17) is 71.1 Å². The molecule has 42 heteroatoms. The first-order chi connectivity index (χ1) is 44.0. The minimum Gasteiger partial charge on any atom is -0.394 e. The molecule has 0 aromatic rings. The lowest BCUT2D eigenvalue weighted by atomic mass is 9.93. The molecule has 0 spiro atoms. The molecule has 2 amide bonds. The van der Waals surface area contributed by atoms with Crippen LogP contribution in [0.4, 0.5) is 0 Å². The lowest BCUT2D eigenvalue weighted by Gasteiger charge is -2.51. The van der Waals surface area contributed by atoms with Crippen molar-refractivity contribution in [1.82, 2.24) is 10.6 Å². The van der Waals surface area contributed by atoms with E-state index in [0.717, 1.165) is 13.8 Å². The summed E-state index contributed by atoms with van der Waals surface area (Å²) in [5.41, 5.74) is 0. The number of aliphatic hydroxyl groups excluding tert-OH is 23. The number of carbonyl (C=O) groups excluding carboxylic acids is 2. The quantitative estimate of drug-likeness (QED) is 0.0427. The summed E-state index contributed by atoms with van der Waals surface area (Å²) in [5.74, 6) is -1.68. The number of carbonyl (C=O) groups is 2. The zero-order chi connectivity index (χ0) is 68.3. The Hall–Kier alpha value is -2.58. The van der Waals surface area contributed by atoms with Gasteiger partial charge in [0.25, 0.3) is 0 Å². The van der Waals surface area contributed by atoms with E-state index >= 15 is 0 Å². The predicted octanol–water partition coefficient (Wildman–Crippen LogP) is -17.5. The molecule has 0 aromatic heterocycles. The summed E-state index contributed by atoms with van der Waals surface area (Å²) >= 11 is 0. The Balaban J connectivity index is 1.15. The van der Waals surface area contributed by atoms with Crippen LogP contribution in [0.15, 0.2) is 0 Å². The lowest BCUT2D eigenvalue weighted by Crippen LogP contribution is -2.70. The second-order valence-electron chi connectivity index (χ2n) is 23.4. The van der Waals surface area contributed by atoms with E-state index in [2.05, 4.69) is 10.6 Å². The van der Waals surface area contributed by atoms with Crippen LogP contribution in [0.25, 0.3) is 0 Å². The highest BCUT2D eigenvalue weighted by molar-refractivity contribution is 5.73. The first-order valence-corrected chi connectivity index (χ1v) is 29.5. The summed E-state index contributed by atoms with van der Waals surface area (Å²) in [6.07, 6.45) is -75.1. The lowest BCUT2D eigenvalue weighted by molar-refractivity contribution is -0.399. The molecule has 8 fully saturated rings. The van der Waals surface area contributed by atoms with Gasteiger partial charge in [0.1, 0.15) is 189 Å². The maximum atomic E-state index is 12.9. The molecule has 0 bridgehead atoms. The monoisotopic (exact) mass is 1370 g/mol. The van der Waals surface area contributed by atoms with Gasteiger partial charge in [0.2, 0.25) is 11.8 Å². The van der Waals surface area contributed by atoms with Crippen LogP contribution in [0, 0.1) is 0 Å². The first kappa shape index (κ1) is 76.2. The van der Waals surface area contributed by atoms with E-state index in [0.29, 0.717) is 0 Å². The van der Waals surface area contributed by atoms with Crippen molar-refractivity contribution in [3.05, 3.63) is 0 Å². The number of aliphatic hydroxyl groups is 23. The van der Waals surface area contributed by atoms with Gasteiger partial charge in [-0.3, -0.25) is 9.59 Å². The Morgan fingerprint density at radius 3 is 1.03 bits per heavy atom.